The highest BCUT2D eigenvalue weighted by Crippen LogP contribution is 2.37. The van der Waals surface area contributed by atoms with Gasteiger partial charge in [-0.2, -0.15) is 0 Å². The molecule has 0 N–H and O–H groups in total. The van der Waals surface area contributed by atoms with Crippen LogP contribution in [-0.2, 0) is 15.7 Å². The summed E-state index contributed by atoms with van der Waals surface area (Å²) in [5.41, 5.74) is 5.59. The zero-order chi connectivity index (χ0) is 22.8. The summed E-state index contributed by atoms with van der Waals surface area (Å²) in [7, 11) is 0.576. The minimum Gasteiger partial charge on any atom is -0.497 e. The van der Waals surface area contributed by atoms with Crippen molar-refractivity contribution in [3.8, 4) is 22.7 Å². The number of aryl methyl sites for hydroxylation is 1. The number of methoxy groups -OCH3 is 1. The molecule has 4 rings (SSSR count). The van der Waals surface area contributed by atoms with Crippen LogP contribution in [0.25, 0.3) is 22.7 Å². The van der Waals surface area contributed by atoms with Gasteiger partial charge in [-0.3, -0.25) is 4.31 Å². The molecule has 7 heteroatoms. The number of ether oxygens (including phenoxy) is 2. The molecule has 0 saturated carbocycles. The maximum absolute atomic E-state index is 12.6. The average molecular weight is 471 g/mol. The highest BCUT2D eigenvalue weighted by Gasteiger charge is 2.23. The minimum absolute atomic E-state index is 0.558. The van der Waals surface area contributed by atoms with Gasteiger partial charge in [0.15, 0.2) is 0 Å². The van der Waals surface area contributed by atoms with Crippen molar-refractivity contribution < 1.29 is 13.7 Å². The third-order valence-corrected chi connectivity index (χ3v) is 7.29. The Kier molecular flexibility index (Phi) is 6.63. The van der Waals surface area contributed by atoms with Crippen molar-refractivity contribution in [3.63, 3.8) is 0 Å². The van der Waals surface area contributed by atoms with Gasteiger partial charge in [0.2, 0.25) is 0 Å². The summed E-state index contributed by atoms with van der Waals surface area (Å²) in [4.78, 5) is 0. The van der Waals surface area contributed by atoms with Crippen LogP contribution in [0, 0.1) is 6.92 Å². The quantitative estimate of drug-likeness (QED) is 0.398. The third kappa shape index (κ3) is 4.30. The maximum Gasteiger partial charge on any atom is 0.128 e. The molecule has 1 aromatic heterocycles. The SMILES string of the molecule is C=C(OC)c1cc(N2CCCS2=O)cc(-n2c(C)ccc2-c2cc(Cl)ccc2OCC)c1. The number of aromatic nitrogens is 1. The monoisotopic (exact) mass is 470 g/mol. The van der Waals surface area contributed by atoms with Gasteiger partial charge in [0.05, 0.1) is 25.1 Å². The molecule has 1 saturated heterocycles. The van der Waals surface area contributed by atoms with Crippen molar-refractivity contribution in [1.82, 2.24) is 4.57 Å². The second kappa shape index (κ2) is 9.43. The minimum atomic E-state index is -1.03. The molecule has 2 aromatic carbocycles. The van der Waals surface area contributed by atoms with Gasteiger partial charge in [0.25, 0.3) is 0 Å². The van der Waals surface area contributed by atoms with Gasteiger partial charge in [-0.25, -0.2) is 4.21 Å². The van der Waals surface area contributed by atoms with Gasteiger partial charge in [0, 0.05) is 39.8 Å². The Hall–Kier alpha value is -2.70. The van der Waals surface area contributed by atoms with Crippen molar-refractivity contribution in [1.29, 1.82) is 0 Å². The highest BCUT2D eigenvalue weighted by molar-refractivity contribution is 7.86. The summed E-state index contributed by atoms with van der Waals surface area (Å²) in [5.74, 6) is 2.01. The molecule has 0 spiro atoms. The van der Waals surface area contributed by atoms with E-state index in [1.165, 1.54) is 0 Å². The van der Waals surface area contributed by atoms with E-state index < -0.39 is 11.0 Å². The van der Waals surface area contributed by atoms with Crippen molar-refractivity contribution in [2.24, 2.45) is 0 Å². The second-order valence-corrected chi connectivity index (χ2v) is 9.54. The average Bonchev–Trinajstić information content (AvgIpc) is 3.39. The first-order valence-electron chi connectivity index (χ1n) is 10.6. The fourth-order valence-corrected chi connectivity index (χ4v) is 5.45. The Labute approximate surface area is 196 Å². The maximum atomic E-state index is 12.6. The molecule has 5 nitrogen and oxygen atoms in total. The summed E-state index contributed by atoms with van der Waals surface area (Å²) >= 11 is 6.35. The van der Waals surface area contributed by atoms with Crippen molar-refractivity contribution in [3.05, 3.63) is 71.4 Å². The summed E-state index contributed by atoms with van der Waals surface area (Å²) < 4.78 is 28.0. The summed E-state index contributed by atoms with van der Waals surface area (Å²) in [6.45, 7) is 9.38. The van der Waals surface area contributed by atoms with E-state index in [0.29, 0.717) is 23.1 Å². The zero-order valence-corrected chi connectivity index (χ0v) is 20.1. The lowest BCUT2D eigenvalue weighted by molar-refractivity contribution is 0.341. The number of nitrogens with zero attached hydrogens (tertiary/aromatic N) is 2. The molecule has 0 bridgehead atoms. The van der Waals surface area contributed by atoms with E-state index in [0.717, 1.165) is 52.6 Å². The summed E-state index contributed by atoms with van der Waals surface area (Å²) in [5, 5.41) is 0.642. The molecule has 0 aliphatic carbocycles. The molecule has 1 aliphatic heterocycles. The van der Waals surface area contributed by atoms with Crippen LogP contribution >= 0.6 is 11.6 Å². The van der Waals surface area contributed by atoms with Gasteiger partial charge >= 0.3 is 0 Å². The standard InChI is InChI=1S/C25H27ClN2O3S/c1-5-31-25-10-8-20(26)15-23(25)24-9-7-17(2)28(24)22-14-19(18(3)30-4)13-21(16-22)27-11-6-12-32(27)29/h7-10,13-16H,3,5-6,11-12H2,1-2,4H3. The second-order valence-electron chi connectivity index (χ2n) is 7.62. The van der Waals surface area contributed by atoms with E-state index in [9.17, 15) is 4.21 Å². The van der Waals surface area contributed by atoms with E-state index in [1.54, 1.807) is 7.11 Å². The van der Waals surface area contributed by atoms with Gasteiger partial charge in [0.1, 0.15) is 22.5 Å². The molecular weight excluding hydrogens is 444 g/mol. The van der Waals surface area contributed by atoms with Crippen LogP contribution in [0.1, 0.15) is 24.6 Å². The van der Waals surface area contributed by atoms with Crippen LogP contribution < -0.4 is 9.04 Å². The van der Waals surface area contributed by atoms with Crippen molar-refractivity contribution in [2.45, 2.75) is 20.3 Å². The van der Waals surface area contributed by atoms with Crippen LogP contribution in [0.4, 0.5) is 5.69 Å². The first kappa shape index (κ1) is 22.5. The fraction of sp³-hybridized carbons (Fsp3) is 0.280. The Morgan fingerprint density at radius 1 is 1.16 bits per heavy atom. The number of hydrogen-bond donors (Lipinski definition) is 0. The smallest absolute Gasteiger partial charge is 0.128 e. The molecule has 0 amide bonds. The van der Waals surface area contributed by atoms with Gasteiger partial charge in [-0.05, 0) is 68.8 Å². The van der Waals surface area contributed by atoms with Crippen LogP contribution in [0.3, 0.4) is 0 Å². The van der Waals surface area contributed by atoms with E-state index in [-0.39, 0.29) is 0 Å². The molecule has 32 heavy (non-hydrogen) atoms. The van der Waals surface area contributed by atoms with E-state index in [1.807, 2.05) is 41.6 Å². The van der Waals surface area contributed by atoms with Gasteiger partial charge in [-0.15, -0.1) is 0 Å². The van der Waals surface area contributed by atoms with E-state index in [2.05, 4.69) is 36.3 Å². The normalized spacial score (nSPS) is 15.8. The lowest BCUT2D eigenvalue weighted by atomic mass is 10.1. The first-order valence-corrected chi connectivity index (χ1v) is 12.2. The largest absolute Gasteiger partial charge is 0.497 e. The number of anilines is 1. The van der Waals surface area contributed by atoms with Crippen molar-refractivity contribution in [2.75, 3.05) is 30.3 Å². The Morgan fingerprint density at radius 2 is 1.94 bits per heavy atom. The topological polar surface area (TPSA) is 43.7 Å². The molecule has 0 radical (unpaired) electrons. The first-order chi connectivity index (χ1) is 15.4. The molecule has 1 aliphatic rings. The lowest BCUT2D eigenvalue weighted by Gasteiger charge is -2.21. The fourth-order valence-electron chi connectivity index (χ4n) is 4.01. The highest BCUT2D eigenvalue weighted by atomic mass is 35.5. The number of hydrogen-bond acceptors (Lipinski definition) is 3. The predicted molar refractivity (Wildman–Crippen MR) is 133 cm³/mol. The lowest BCUT2D eigenvalue weighted by Crippen LogP contribution is -2.20. The molecule has 2 heterocycles. The Bertz CT molecular complexity index is 1190. The molecule has 1 atom stereocenters. The molecule has 1 fully saturated rings. The Morgan fingerprint density at radius 3 is 2.62 bits per heavy atom. The molecule has 168 valence electrons. The molecule has 3 aromatic rings. The van der Waals surface area contributed by atoms with Crippen LogP contribution in [0.2, 0.25) is 5.02 Å². The number of benzene rings is 2. The van der Waals surface area contributed by atoms with Gasteiger partial charge < -0.3 is 14.0 Å². The third-order valence-electron chi connectivity index (χ3n) is 5.54. The van der Waals surface area contributed by atoms with Gasteiger partial charge in [-0.1, -0.05) is 18.2 Å². The van der Waals surface area contributed by atoms with Crippen LogP contribution in [0.15, 0.2) is 55.1 Å². The number of rotatable bonds is 7. The van der Waals surface area contributed by atoms with Crippen LogP contribution in [-0.4, -0.2) is 34.8 Å². The van der Waals surface area contributed by atoms with Crippen LogP contribution in [0.5, 0.6) is 5.75 Å². The molecule has 1 unspecified atom stereocenters. The number of halogens is 1. The van der Waals surface area contributed by atoms with E-state index in [4.69, 9.17) is 21.1 Å². The summed E-state index contributed by atoms with van der Waals surface area (Å²) in [6, 6.07) is 15.9. The zero-order valence-electron chi connectivity index (χ0n) is 18.6. The van der Waals surface area contributed by atoms with E-state index >= 15 is 0 Å². The summed E-state index contributed by atoms with van der Waals surface area (Å²) in [6.07, 6.45) is 0.908. The van der Waals surface area contributed by atoms with Crippen molar-refractivity contribution >= 4 is 34.0 Å². The predicted octanol–water partition coefficient (Wildman–Crippen LogP) is 6.00. The molecular formula is C25H27ClN2O3S. The Balaban J connectivity index is 1.92.